The van der Waals surface area contributed by atoms with Crippen molar-refractivity contribution in [2.45, 2.75) is 0 Å². The predicted octanol–water partition coefficient (Wildman–Crippen LogP) is 12.0. The largest absolute Gasteiger partial charge is 0.309 e. The van der Waals surface area contributed by atoms with Crippen LogP contribution in [0.25, 0.3) is 93.0 Å². The Labute approximate surface area is 306 Å². The molecule has 0 spiro atoms. The first kappa shape index (κ1) is 20.2. The number of thiophene rings is 1. The molecule has 0 fully saturated rings. The molecule has 4 nitrogen and oxygen atoms in total. The van der Waals surface area contributed by atoms with E-state index in [1.165, 1.54) is 0 Å². The fourth-order valence-corrected chi connectivity index (χ4v) is 7.62. The summed E-state index contributed by atoms with van der Waals surface area (Å²) in [6.45, 7) is 0. The number of fused-ring (bicyclic) bond motifs is 6. The maximum Gasteiger partial charge on any atom is 0.166 e. The Morgan fingerprint density at radius 2 is 1.14 bits per heavy atom. The quantitative estimate of drug-likeness (QED) is 0.184. The van der Waals surface area contributed by atoms with Crippen LogP contribution in [0.1, 0.15) is 13.7 Å². The summed E-state index contributed by atoms with van der Waals surface area (Å²) in [5.41, 5.74) is 4.82. The van der Waals surface area contributed by atoms with Crippen molar-refractivity contribution in [1.29, 1.82) is 0 Å². The summed E-state index contributed by atoms with van der Waals surface area (Å²) in [5.74, 6) is 1.03. The van der Waals surface area contributed by atoms with Crippen LogP contribution in [0, 0.1) is 0 Å². The lowest BCUT2D eigenvalue weighted by Gasteiger charge is -2.14. The van der Waals surface area contributed by atoms with Gasteiger partial charge in [-0.3, -0.25) is 0 Å². The molecule has 10 aromatic rings. The number of benzene rings is 7. The van der Waals surface area contributed by atoms with E-state index < -0.39 is 12.1 Å². The number of hydrogen-bond donors (Lipinski definition) is 0. The highest BCUT2D eigenvalue weighted by Gasteiger charge is 2.19. The van der Waals surface area contributed by atoms with Gasteiger partial charge in [0.05, 0.1) is 30.4 Å². The first-order valence-corrected chi connectivity index (χ1v) is 16.7. The van der Waals surface area contributed by atoms with Crippen LogP contribution in [0.15, 0.2) is 170 Å². The highest BCUT2D eigenvalue weighted by atomic mass is 32.1. The summed E-state index contributed by atoms with van der Waals surface area (Å²) in [6, 6.07) is 31.1. The van der Waals surface area contributed by atoms with Gasteiger partial charge in [0.1, 0.15) is 0 Å². The normalized spacial score (nSPS) is 14.4. The Morgan fingerprint density at radius 3 is 2.08 bits per heavy atom. The van der Waals surface area contributed by atoms with Crippen molar-refractivity contribution in [2.24, 2.45) is 0 Å². The summed E-state index contributed by atoms with van der Waals surface area (Å²) >= 11 is 1.08. The maximum atomic E-state index is 9.09. The third kappa shape index (κ3) is 4.63. The molecule has 5 heteroatoms. The van der Waals surface area contributed by atoms with Gasteiger partial charge in [0.15, 0.2) is 17.5 Å². The monoisotopic (exact) mass is 666 g/mol. The molecule has 50 heavy (non-hydrogen) atoms. The van der Waals surface area contributed by atoms with Crippen LogP contribution >= 0.6 is 11.3 Å². The van der Waals surface area contributed by atoms with E-state index in [1.54, 1.807) is 24.3 Å². The Balaban J connectivity index is 1.21. The summed E-state index contributed by atoms with van der Waals surface area (Å²) in [6.07, 6.45) is 0. The van der Waals surface area contributed by atoms with Crippen molar-refractivity contribution < 1.29 is 13.7 Å². The van der Waals surface area contributed by atoms with E-state index in [2.05, 4.69) is 0 Å². The first-order valence-electron chi connectivity index (χ1n) is 20.9. The Kier molecular flexibility index (Phi) is 4.69. The fraction of sp³-hybridized carbons (Fsp3) is 0. The molecule has 0 atom stereocenters. The van der Waals surface area contributed by atoms with Crippen LogP contribution in [0.5, 0.6) is 0 Å². The third-order valence-electron chi connectivity index (χ3n) is 8.78. The summed E-state index contributed by atoms with van der Waals surface area (Å²) in [4.78, 5) is 15.0. The molecule has 0 unspecified atom stereocenters. The van der Waals surface area contributed by atoms with Crippen LogP contribution in [0.3, 0.4) is 0 Å². The molecule has 234 valence electrons. The molecule has 0 amide bonds. The van der Waals surface area contributed by atoms with Crippen molar-refractivity contribution in [3.05, 3.63) is 170 Å². The van der Waals surface area contributed by atoms with Crippen molar-refractivity contribution >= 4 is 53.3 Å². The number of rotatable bonds is 5. The maximum absolute atomic E-state index is 9.09. The van der Waals surface area contributed by atoms with Gasteiger partial charge in [-0.2, -0.15) is 0 Å². The van der Waals surface area contributed by atoms with Gasteiger partial charge in [-0.05, 0) is 47.5 Å². The molecule has 0 aliphatic rings. The van der Waals surface area contributed by atoms with E-state index in [1.807, 2.05) is 89.5 Å². The molecule has 0 bridgehead atoms. The molecular weight excluding hydrogens is 629 g/mol. The minimum Gasteiger partial charge on any atom is -0.309 e. The topological polar surface area (TPSA) is 43.6 Å². The highest BCUT2D eigenvalue weighted by Crippen LogP contribution is 2.41. The van der Waals surface area contributed by atoms with E-state index in [0.29, 0.717) is 61.0 Å². The summed E-state index contributed by atoms with van der Waals surface area (Å²) in [7, 11) is 0. The third-order valence-corrected chi connectivity index (χ3v) is 9.90. The minimum atomic E-state index is -0.430. The van der Waals surface area contributed by atoms with Gasteiger partial charge in [-0.1, -0.05) is 133 Å². The zero-order chi connectivity index (χ0) is 41.7. The molecule has 3 heterocycles. The van der Waals surface area contributed by atoms with E-state index in [0.717, 1.165) is 27.8 Å². The van der Waals surface area contributed by atoms with Gasteiger partial charge in [0.2, 0.25) is 0 Å². The lowest BCUT2D eigenvalue weighted by Crippen LogP contribution is -2.03. The van der Waals surface area contributed by atoms with Crippen molar-refractivity contribution in [3.63, 3.8) is 0 Å². The molecule has 3 aromatic heterocycles. The fourth-order valence-electron chi connectivity index (χ4n) is 6.54. The number of aromatic nitrogens is 4. The zero-order valence-corrected chi connectivity index (χ0v) is 26.9. The molecule has 0 saturated carbocycles. The number of nitrogens with zero attached hydrogens (tertiary/aromatic N) is 4. The second kappa shape index (κ2) is 11.6. The zero-order valence-electron chi connectivity index (χ0n) is 36.1. The number of para-hydroxylation sites is 3. The van der Waals surface area contributed by atoms with Crippen LogP contribution in [0.2, 0.25) is 0 Å². The second-order valence-corrected chi connectivity index (χ2v) is 12.7. The number of hydrogen-bond acceptors (Lipinski definition) is 4. The molecule has 0 radical (unpaired) electrons. The van der Waals surface area contributed by atoms with Crippen molar-refractivity contribution in [3.8, 4) is 51.0 Å². The van der Waals surface area contributed by atoms with Crippen molar-refractivity contribution in [2.75, 3.05) is 0 Å². The van der Waals surface area contributed by atoms with Crippen LogP contribution in [0.4, 0.5) is 0 Å². The molecule has 10 rings (SSSR count). The van der Waals surface area contributed by atoms with Gasteiger partial charge in [0, 0.05) is 47.6 Å². The molecule has 0 aliphatic heterocycles. The van der Waals surface area contributed by atoms with Gasteiger partial charge in [0.25, 0.3) is 0 Å². The molecule has 7 aromatic carbocycles. The average molecular weight is 667 g/mol. The Bertz CT molecular complexity index is 3460. The summed E-state index contributed by atoms with van der Waals surface area (Å²) in [5, 5.41) is 1.70. The van der Waals surface area contributed by atoms with Gasteiger partial charge >= 0.3 is 0 Å². The van der Waals surface area contributed by atoms with Crippen LogP contribution in [-0.4, -0.2) is 19.5 Å². The minimum absolute atomic E-state index is 0.0279. The highest BCUT2D eigenvalue weighted by molar-refractivity contribution is 7.26. The lowest BCUT2D eigenvalue weighted by molar-refractivity contribution is 1.06. The predicted molar refractivity (Wildman–Crippen MR) is 209 cm³/mol. The van der Waals surface area contributed by atoms with Crippen LogP contribution in [-0.2, 0) is 0 Å². The smallest absolute Gasteiger partial charge is 0.166 e. The average Bonchev–Trinajstić information content (AvgIpc) is 3.83. The van der Waals surface area contributed by atoms with Crippen LogP contribution < -0.4 is 0 Å². The summed E-state index contributed by atoms with van der Waals surface area (Å²) < 4.78 is 89.1. The van der Waals surface area contributed by atoms with E-state index in [-0.39, 0.29) is 63.8 Å². The lowest BCUT2D eigenvalue weighted by atomic mass is 10.0. The molecule has 0 aliphatic carbocycles. The molecule has 0 saturated heterocycles. The first-order chi connectivity index (χ1) is 28.9. The SMILES string of the molecule is [2H]c1cc2c(c([2H])c1[2H])c1ccccc1n2-c1ccccc1-c1nc(-c2ccccc2)nc(-c2cccc(-c3c([2H])c([2H])c([2H])c4c3sc3c([2H])c([2H])c([2H])c([2H])c34)c2)n1. The Morgan fingerprint density at radius 1 is 0.460 bits per heavy atom. The van der Waals surface area contributed by atoms with Crippen molar-refractivity contribution in [1.82, 2.24) is 19.5 Å². The van der Waals surface area contributed by atoms with E-state index in [4.69, 9.17) is 28.7 Å². The Hall–Kier alpha value is -6.43. The molecular formula is C45H28N4S. The second-order valence-electron chi connectivity index (χ2n) is 11.7. The van der Waals surface area contributed by atoms with E-state index in [9.17, 15) is 0 Å². The standard InChI is InChI=1S/C45H28N4S/c1-2-14-29(15-3-1)43-46-44(31-17-12-16-30(28-31)32-22-13-23-36-35-20-7-11-27-41(35)50-42(32)36)48-45(47-43)37-21-6-10-26-40(37)49-38-24-8-4-18-33(38)34-19-5-9-25-39(34)49/h1-28H/i4D,7D,8D,11D,13D,18D,20D,22D,23D,27D. The molecule has 0 N–H and O–H groups in total. The van der Waals surface area contributed by atoms with E-state index >= 15 is 0 Å². The van der Waals surface area contributed by atoms with Gasteiger partial charge in [-0.15, -0.1) is 11.3 Å². The van der Waals surface area contributed by atoms with Gasteiger partial charge < -0.3 is 4.57 Å². The van der Waals surface area contributed by atoms with Gasteiger partial charge in [-0.25, -0.2) is 15.0 Å².